The van der Waals surface area contributed by atoms with Crippen molar-refractivity contribution in [3.8, 4) is 0 Å². The molecule has 0 aliphatic carbocycles. The molecule has 1 unspecified atom stereocenters. The zero-order valence-electron chi connectivity index (χ0n) is 13.6. The second-order valence-electron chi connectivity index (χ2n) is 5.78. The summed E-state index contributed by atoms with van der Waals surface area (Å²) in [6.45, 7) is 3.40. The summed E-state index contributed by atoms with van der Waals surface area (Å²) in [4.78, 5) is 4.25. The van der Waals surface area contributed by atoms with Crippen molar-refractivity contribution >= 4 is 17.3 Å². The van der Waals surface area contributed by atoms with Crippen molar-refractivity contribution in [1.82, 2.24) is 14.6 Å². The highest BCUT2D eigenvalue weighted by Gasteiger charge is 2.42. The van der Waals surface area contributed by atoms with Gasteiger partial charge in [0.05, 0.1) is 18.2 Å². The number of fused-ring (bicyclic) bond motifs is 1. The fourth-order valence-corrected chi connectivity index (χ4v) is 3.40. The number of ether oxygens (including phenoxy) is 2. The van der Waals surface area contributed by atoms with Crippen LogP contribution in [0.25, 0.3) is 5.52 Å². The van der Waals surface area contributed by atoms with Crippen molar-refractivity contribution < 1.29 is 14.6 Å². The Morgan fingerprint density at radius 1 is 1.52 bits per heavy atom. The van der Waals surface area contributed by atoms with Crippen LogP contribution in [0.4, 0.5) is 0 Å². The van der Waals surface area contributed by atoms with E-state index in [9.17, 15) is 5.11 Å². The number of rotatable bonds is 7. The van der Waals surface area contributed by atoms with Gasteiger partial charge in [-0.05, 0) is 31.2 Å². The Bertz CT molecular complexity index is 663. The lowest BCUT2D eigenvalue weighted by Crippen LogP contribution is -2.29. The van der Waals surface area contributed by atoms with Crippen molar-refractivity contribution in [1.29, 1.82) is 0 Å². The van der Waals surface area contributed by atoms with Gasteiger partial charge in [-0.15, -0.1) is 11.8 Å². The van der Waals surface area contributed by atoms with E-state index >= 15 is 0 Å². The van der Waals surface area contributed by atoms with Gasteiger partial charge in [0.2, 0.25) is 5.79 Å². The molecule has 1 fully saturated rings. The summed E-state index contributed by atoms with van der Waals surface area (Å²) in [5, 5.41) is 16.1. The average Bonchev–Trinajstić information content (AvgIpc) is 3.16. The summed E-state index contributed by atoms with van der Waals surface area (Å²) in [5.41, 5.74) is 1.54. The van der Waals surface area contributed by atoms with Gasteiger partial charge in [-0.3, -0.25) is 0 Å². The number of hydrogen-bond acceptors (Lipinski definition) is 6. The minimum Gasteiger partial charge on any atom is -0.379 e. The quantitative estimate of drug-likeness (QED) is 0.619. The molecule has 2 atom stereocenters. The smallest absolute Gasteiger partial charge is 0.210 e. The lowest BCUT2D eigenvalue weighted by Gasteiger charge is -2.23. The van der Waals surface area contributed by atoms with Gasteiger partial charge in [0.25, 0.3) is 0 Å². The van der Waals surface area contributed by atoms with E-state index in [0.29, 0.717) is 18.7 Å². The van der Waals surface area contributed by atoms with E-state index in [1.165, 1.54) is 6.33 Å². The molecule has 1 N–H and O–H groups in total. The predicted octanol–water partition coefficient (Wildman–Crippen LogP) is 2.59. The summed E-state index contributed by atoms with van der Waals surface area (Å²) in [6, 6.07) is 3.79. The van der Waals surface area contributed by atoms with E-state index in [2.05, 4.69) is 17.0 Å². The highest BCUT2D eigenvalue weighted by atomic mass is 32.2. The van der Waals surface area contributed by atoms with Crippen LogP contribution in [0.3, 0.4) is 0 Å². The van der Waals surface area contributed by atoms with Gasteiger partial charge in [0.1, 0.15) is 17.0 Å². The SMILES string of the molecule is CCCCOC[C@@H]1CCC(O)(c2ccc3c(SC)ncnn23)O1. The lowest BCUT2D eigenvalue weighted by molar-refractivity contribution is -0.211. The van der Waals surface area contributed by atoms with Gasteiger partial charge in [-0.25, -0.2) is 9.50 Å². The van der Waals surface area contributed by atoms with Gasteiger partial charge in [-0.1, -0.05) is 13.3 Å². The summed E-state index contributed by atoms with van der Waals surface area (Å²) in [7, 11) is 0. The normalized spacial score (nSPS) is 24.6. The number of thioether (sulfide) groups is 1. The maximum Gasteiger partial charge on any atom is 0.210 e. The highest BCUT2D eigenvalue weighted by molar-refractivity contribution is 7.98. The van der Waals surface area contributed by atoms with E-state index in [1.54, 1.807) is 16.3 Å². The van der Waals surface area contributed by atoms with Crippen LogP contribution in [0.15, 0.2) is 23.5 Å². The van der Waals surface area contributed by atoms with Crippen LogP contribution in [0.2, 0.25) is 0 Å². The van der Waals surface area contributed by atoms with E-state index in [1.807, 2.05) is 18.4 Å². The van der Waals surface area contributed by atoms with Crippen LogP contribution < -0.4 is 0 Å². The first kappa shape index (κ1) is 16.7. The van der Waals surface area contributed by atoms with E-state index in [4.69, 9.17) is 9.47 Å². The molecular formula is C16H23N3O3S. The molecule has 2 aromatic heterocycles. The van der Waals surface area contributed by atoms with Crippen LogP contribution in [0.5, 0.6) is 0 Å². The Kier molecular flexibility index (Phi) is 5.21. The second kappa shape index (κ2) is 7.17. The third-order valence-electron chi connectivity index (χ3n) is 4.12. The van der Waals surface area contributed by atoms with Crippen LogP contribution in [0, 0.1) is 0 Å². The molecule has 2 aromatic rings. The first-order chi connectivity index (χ1) is 11.2. The van der Waals surface area contributed by atoms with Crippen molar-refractivity contribution in [2.75, 3.05) is 19.5 Å². The Hall–Kier alpha value is -1.15. The highest BCUT2D eigenvalue weighted by Crippen LogP contribution is 2.38. The van der Waals surface area contributed by atoms with Gasteiger partial charge in [-0.2, -0.15) is 5.10 Å². The topological polar surface area (TPSA) is 68.9 Å². The minimum absolute atomic E-state index is 0.0794. The van der Waals surface area contributed by atoms with E-state index in [-0.39, 0.29) is 6.10 Å². The minimum atomic E-state index is -1.31. The van der Waals surface area contributed by atoms with Crippen molar-refractivity contribution in [2.24, 2.45) is 0 Å². The molecule has 3 heterocycles. The number of nitrogens with zero attached hydrogens (tertiary/aromatic N) is 3. The molecule has 1 aliphatic heterocycles. The molecular weight excluding hydrogens is 314 g/mol. The number of unbranched alkanes of at least 4 members (excludes halogenated alkanes) is 1. The third-order valence-corrected chi connectivity index (χ3v) is 4.82. The Labute approximate surface area is 140 Å². The van der Waals surface area contributed by atoms with Crippen molar-refractivity contribution in [2.45, 2.75) is 49.5 Å². The molecule has 6 nitrogen and oxygen atoms in total. The van der Waals surface area contributed by atoms with Crippen LogP contribution in [-0.4, -0.2) is 45.3 Å². The third kappa shape index (κ3) is 3.38. The Morgan fingerprint density at radius 3 is 3.17 bits per heavy atom. The molecule has 7 heteroatoms. The average molecular weight is 337 g/mol. The van der Waals surface area contributed by atoms with Crippen molar-refractivity contribution in [3.63, 3.8) is 0 Å². The van der Waals surface area contributed by atoms with Crippen LogP contribution >= 0.6 is 11.8 Å². The monoisotopic (exact) mass is 337 g/mol. The lowest BCUT2D eigenvalue weighted by atomic mass is 10.1. The first-order valence-corrected chi connectivity index (χ1v) is 9.25. The maximum absolute atomic E-state index is 10.9. The predicted molar refractivity (Wildman–Crippen MR) is 88.5 cm³/mol. The second-order valence-corrected chi connectivity index (χ2v) is 6.57. The number of hydrogen-bond donors (Lipinski definition) is 1. The van der Waals surface area contributed by atoms with Gasteiger partial charge >= 0.3 is 0 Å². The fraction of sp³-hybridized carbons (Fsp3) is 0.625. The molecule has 0 amide bonds. The zero-order valence-corrected chi connectivity index (χ0v) is 14.4. The molecule has 126 valence electrons. The number of aliphatic hydroxyl groups is 1. The van der Waals surface area contributed by atoms with E-state index in [0.717, 1.165) is 36.4 Å². The van der Waals surface area contributed by atoms with Crippen LogP contribution in [-0.2, 0) is 15.3 Å². The summed E-state index contributed by atoms with van der Waals surface area (Å²) in [5.74, 6) is -1.31. The van der Waals surface area contributed by atoms with Gasteiger partial charge in [0.15, 0.2) is 0 Å². The van der Waals surface area contributed by atoms with E-state index < -0.39 is 5.79 Å². The van der Waals surface area contributed by atoms with Crippen molar-refractivity contribution in [3.05, 3.63) is 24.2 Å². The molecule has 0 aromatic carbocycles. The summed E-state index contributed by atoms with van der Waals surface area (Å²) >= 11 is 1.55. The molecule has 0 spiro atoms. The Balaban J connectivity index is 1.74. The summed E-state index contributed by atoms with van der Waals surface area (Å²) in [6.07, 6.45) is 6.88. The fourth-order valence-electron chi connectivity index (χ4n) is 2.88. The van der Waals surface area contributed by atoms with Crippen LogP contribution in [0.1, 0.15) is 38.3 Å². The summed E-state index contributed by atoms with van der Waals surface area (Å²) < 4.78 is 13.2. The molecule has 23 heavy (non-hydrogen) atoms. The number of aromatic nitrogens is 3. The molecule has 0 radical (unpaired) electrons. The van der Waals surface area contributed by atoms with Gasteiger partial charge < -0.3 is 14.6 Å². The molecule has 1 aliphatic rings. The molecule has 0 saturated carbocycles. The zero-order chi connectivity index (χ0) is 16.3. The first-order valence-electron chi connectivity index (χ1n) is 8.03. The maximum atomic E-state index is 10.9. The standard InChI is InChI=1S/C16H23N3O3S/c1-3-4-9-21-10-12-7-8-16(20,22-12)14-6-5-13-15(23-2)17-11-18-19(13)14/h5-6,11-12,20H,3-4,7-10H2,1-2H3/t12-,16?/m0/s1. The Morgan fingerprint density at radius 2 is 2.39 bits per heavy atom. The molecule has 1 saturated heterocycles. The molecule has 0 bridgehead atoms. The molecule has 3 rings (SSSR count). The largest absolute Gasteiger partial charge is 0.379 e. The van der Waals surface area contributed by atoms with Gasteiger partial charge in [0, 0.05) is 13.0 Å².